The topological polar surface area (TPSA) is 64.4 Å². The number of hydrogen-bond donors (Lipinski definition) is 2. The van der Waals surface area contributed by atoms with Gasteiger partial charge in [-0.05, 0) is 6.42 Å². The van der Waals surface area contributed by atoms with Crippen LogP contribution in [0.15, 0.2) is 4.99 Å². The van der Waals surface area contributed by atoms with Crippen molar-refractivity contribution in [2.24, 2.45) is 16.5 Å². The molecular weight excluding hydrogens is 373 g/mol. The third-order valence-corrected chi connectivity index (χ3v) is 3.81. The highest BCUT2D eigenvalue weighted by Crippen LogP contribution is 2.12. The highest BCUT2D eigenvalue weighted by molar-refractivity contribution is 14.0. The second-order valence-corrected chi connectivity index (χ2v) is 5.90. The Kier molecular flexibility index (Phi) is 22.2. The van der Waals surface area contributed by atoms with E-state index in [-0.39, 0.29) is 29.9 Å². The van der Waals surface area contributed by atoms with Crippen LogP contribution in [0.3, 0.4) is 0 Å². The summed E-state index contributed by atoms with van der Waals surface area (Å²) >= 11 is 0. The number of nitrogens with zero attached hydrogens (tertiary/aromatic N) is 1. The SMILES string of the molecule is CCCCCCCCCCCCCCCCN=C(N)N.I. The molecule has 0 atom stereocenters. The molecule has 3 nitrogen and oxygen atoms in total. The fraction of sp³-hybridized carbons (Fsp3) is 0.941. The Morgan fingerprint density at radius 1 is 0.619 bits per heavy atom. The van der Waals surface area contributed by atoms with Gasteiger partial charge in [-0.2, -0.15) is 0 Å². The van der Waals surface area contributed by atoms with E-state index in [0.29, 0.717) is 0 Å². The van der Waals surface area contributed by atoms with Crippen molar-refractivity contribution in [2.45, 2.75) is 96.8 Å². The minimum atomic E-state index is 0. The van der Waals surface area contributed by atoms with Crippen molar-refractivity contribution in [1.82, 2.24) is 0 Å². The van der Waals surface area contributed by atoms with Crippen LogP contribution in [0.4, 0.5) is 0 Å². The summed E-state index contributed by atoms with van der Waals surface area (Å²) in [7, 11) is 0. The molecule has 0 heterocycles. The number of hydrogen-bond acceptors (Lipinski definition) is 1. The number of guanidine groups is 1. The van der Waals surface area contributed by atoms with Crippen LogP contribution in [0.1, 0.15) is 96.8 Å². The highest BCUT2D eigenvalue weighted by atomic mass is 127. The fourth-order valence-electron chi connectivity index (χ4n) is 2.51. The molecule has 21 heavy (non-hydrogen) atoms. The van der Waals surface area contributed by atoms with Crippen LogP contribution in [-0.2, 0) is 0 Å². The molecule has 0 radical (unpaired) electrons. The van der Waals surface area contributed by atoms with E-state index in [2.05, 4.69) is 11.9 Å². The van der Waals surface area contributed by atoms with E-state index in [1.807, 2.05) is 0 Å². The minimum absolute atomic E-state index is 0. The van der Waals surface area contributed by atoms with Gasteiger partial charge in [0.25, 0.3) is 0 Å². The molecule has 0 bridgehead atoms. The van der Waals surface area contributed by atoms with E-state index < -0.39 is 0 Å². The number of rotatable bonds is 15. The normalized spacial score (nSPS) is 10.1. The van der Waals surface area contributed by atoms with E-state index in [1.54, 1.807) is 0 Å². The van der Waals surface area contributed by atoms with Crippen LogP contribution in [0.2, 0.25) is 0 Å². The molecule has 0 spiro atoms. The van der Waals surface area contributed by atoms with Gasteiger partial charge in [0.05, 0.1) is 0 Å². The second-order valence-electron chi connectivity index (χ2n) is 5.90. The van der Waals surface area contributed by atoms with Crippen LogP contribution in [0, 0.1) is 0 Å². The zero-order valence-corrected chi connectivity index (χ0v) is 16.4. The van der Waals surface area contributed by atoms with Crippen molar-refractivity contribution in [2.75, 3.05) is 6.54 Å². The van der Waals surface area contributed by atoms with Crippen LogP contribution >= 0.6 is 24.0 Å². The van der Waals surface area contributed by atoms with Gasteiger partial charge in [0.2, 0.25) is 0 Å². The number of halogens is 1. The Morgan fingerprint density at radius 2 is 0.952 bits per heavy atom. The van der Waals surface area contributed by atoms with Crippen molar-refractivity contribution in [3.63, 3.8) is 0 Å². The first kappa shape index (κ1) is 23.3. The first-order valence-electron chi connectivity index (χ1n) is 8.82. The van der Waals surface area contributed by atoms with E-state index in [1.165, 1.54) is 83.5 Å². The molecule has 0 saturated heterocycles. The lowest BCUT2D eigenvalue weighted by molar-refractivity contribution is 0.536. The molecule has 0 aliphatic carbocycles. The van der Waals surface area contributed by atoms with Gasteiger partial charge in [0, 0.05) is 6.54 Å². The zero-order valence-electron chi connectivity index (χ0n) is 14.1. The molecule has 4 N–H and O–H groups in total. The molecule has 4 heteroatoms. The smallest absolute Gasteiger partial charge is 0.185 e. The highest BCUT2D eigenvalue weighted by Gasteiger charge is 1.93. The molecule has 0 aromatic carbocycles. The predicted molar refractivity (Wildman–Crippen MR) is 106 cm³/mol. The average Bonchev–Trinajstić information content (AvgIpc) is 2.43. The molecule has 0 aromatic heterocycles. The number of unbranched alkanes of at least 4 members (excludes halogenated alkanes) is 13. The Hall–Kier alpha value is 0. The van der Waals surface area contributed by atoms with E-state index in [4.69, 9.17) is 11.5 Å². The lowest BCUT2D eigenvalue weighted by Gasteiger charge is -2.02. The molecule has 0 amide bonds. The molecule has 0 aromatic rings. The van der Waals surface area contributed by atoms with Crippen molar-refractivity contribution in [1.29, 1.82) is 0 Å². The van der Waals surface area contributed by atoms with E-state index >= 15 is 0 Å². The van der Waals surface area contributed by atoms with Gasteiger partial charge in [-0.15, -0.1) is 24.0 Å². The van der Waals surface area contributed by atoms with Crippen molar-refractivity contribution in [3.05, 3.63) is 0 Å². The predicted octanol–water partition coefficient (Wildman–Crippen LogP) is 5.36. The second kappa shape index (κ2) is 20.0. The molecule has 0 saturated carbocycles. The first-order valence-corrected chi connectivity index (χ1v) is 8.82. The molecule has 0 rings (SSSR count). The molecule has 0 aliphatic heterocycles. The number of aliphatic imine (C=N–C) groups is 1. The third kappa shape index (κ3) is 22.4. The van der Waals surface area contributed by atoms with Crippen LogP contribution in [0.5, 0.6) is 0 Å². The van der Waals surface area contributed by atoms with Crippen molar-refractivity contribution >= 4 is 29.9 Å². The maximum Gasteiger partial charge on any atom is 0.185 e. The summed E-state index contributed by atoms with van der Waals surface area (Å²) < 4.78 is 0. The monoisotopic (exact) mass is 411 g/mol. The Balaban J connectivity index is 0. The van der Waals surface area contributed by atoms with Gasteiger partial charge < -0.3 is 11.5 Å². The largest absolute Gasteiger partial charge is 0.370 e. The van der Waals surface area contributed by atoms with Crippen LogP contribution in [0.25, 0.3) is 0 Å². The van der Waals surface area contributed by atoms with Gasteiger partial charge in [-0.25, -0.2) is 0 Å². The first-order chi connectivity index (χ1) is 9.77. The summed E-state index contributed by atoms with van der Waals surface area (Å²) in [6.45, 7) is 3.07. The van der Waals surface area contributed by atoms with E-state index in [9.17, 15) is 0 Å². The zero-order chi connectivity index (χ0) is 14.9. The van der Waals surface area contributed by atoms with Gasteiger partial charge >= 0.3 is 0 Å². The summed E-state index contributed by atoms with van der Waals surface area (Å²) in [4.78, 5) is 3.99. The van der Waals surface area contributed by atoms with Gasteiger partial charge in [-0.3, -0.25) is 4.99 Å². The lowest BCUT2D eigenvalue weighted by Crippen LogP contribution is -2.22. The van der Waals surface area contributed by atoms with Crippen molar-refractivity contribution < 1.29 is 0 Å². The summed E-state index contributed by atoms with van der Waals surface area (Å²) in [6.07, 6.45) is 19.3. The molecule has 128 valence electrons. The molecule has 0 fully saturated rings. The van der Waals surface area contributed by atoms with Crippen molar-refractivity contribution in [3.8, 4) is 0 Å². The minimum Gasteiger partial charge on any atom is -0.370 e. The van der Waals surface area contributed by atoms with Gasteiger partial charge in [0.1, 0.15) is 0 Å². The summed E-state index contributed by atoms with van der Waals surface area (Å²) in [5.74, 6) is 0.222. The standard InChI is InChI=1S/C17H37N3.HI/c1-2-3-4-5-6-7-8-9-10-11-12-13-14-15-16-20-17(18)19;/h2-16H2,1H3,(H4,18,19,20);1H. The summed E-state index contributed by atoms with van der Waals surface area (Å²) in [5.41, 5.74) is 10.5. The number of nitrogens with two attached hydrogens (primary N) is 2. The quantitative estimate of drug-likeness (QED) is 0.165. The van der Waals surface area contributed by atoms with Gasteiger partial charge in [0.15, 0.2) is 5.96 Å². The summed E-state index contributed by atoms with van der Waals surface area (Å²) in [5, 5.41) is 0. The maximum absolute atomic E-state index is 5.27. The fourth-order valence-corrected chi connectivity index (χ4v) is 2.51. The van der Waals surface area contributed by atoms with Crippen LogP contribution in [-0.4, -0.2) is 12.5 Å². The maximum atomic E-state index is 5.27. The molecule has 0 aliphatic rings. The average molecular weight is 411 g/mol. The Bertz CT molecular complexity index is 216. The van der Waals surface area contributed by atoms with Gasteiger partial charge in [-0.1, -0.05) is 90.4 Å². The summed E-state index contributed by atoms with van der Waals surface area (Å²) in [6, 6.07) is 0. The third-order valence-electron chi connectivity index (χ3n) is 3.81. The Morgan fingerprint density at radius 3 is 1.29 bits per heavy atom. The lowest BCUT2D eigenvalue weighted by atomic mass is 10.0. The molecular formula is C17H38IN3. The van der Waals surface area contributed by atoms with Crippen LogP contribution < -0.4 is 11.5 Å². The van der Waals surface area contributed by atoms with E-state index in [0.717, 1.165) is 13.0 Å². The molecule has 0 unspecified atom stereocenters. The Labute approximate surface area is 149 Å².